The molecular formula is C22H16Br2N2O. The molecule has 3 aromatic rings. The van der Waals surface area contributed by atoms with Crippen LogP contribution in [0.3, 0.4) is 0 Å². The first-order valence-electron chi connectivity index (χ1n) is 8.59. The molecule has 4 rings (SSSR count). The number of hydrogen-bond donors (Lipinski definition) is 0. The lowest BCUT2D eigenvalue weighted by atomic mass is 9.98. The maximum absolute atomic E-state index is 13.1. The van der Waals surface area contributed by atoms with Crippen molar-refractivity contribution in [3.8, 4) is 0 Å². The van der Waals surface area contributed by atoms with Gasteiger partial charge in [-0.05, 0) is 47.5 Å². The van der Waals surface area contributed by atoms with Crippen molar-refractivity contribution in [3.63, 3.8) is 0 Å². The highest BCUT2D eigenvalue weighted by Gasteiger charge is 2.33. The third kappa shape index (κ3) is 3.89. The molecule has 1 amide bonds. The van der Waals surface area contributed by atoms with E-state index in [9.17, 15) is 4.79 Å². The summed E-state index contributed by atoms with van der Waals surface area (Å²) >= 11 is 6.94. The number of hydrogen-bond acceptors (Lipinski definition) is 2. The van der Waals surface area contributed by atoms with Gasteiger partial charge in [0.2, 0.25) is 0 Å². The van der Waals surface area contributed by atoms with E-state index in [1.165, 1.54) is 0 Å². The minimum Gasteiger partial charge on any atom is -0.267 e. The summed E-state index contributed by atoms with van der Waals surface area (Å²) in [6.07, 6.45) is 0.682. The highest BCUT2D eigenvalue weighted by Crippen LogP contribution is 2.34. The second kappa shape index (κ2) is 7.79. The maximum atomic E-state index is 13.1. The zero-order valence-corrected chi connectivity index (χ0v) is 17.5. The van der Waals surface area contributed by atoms with Crippen LogP contribution in [-0.2, 0) is 0 Å². The van der Waals surface area contributed by atoms with Crippen molar-refractivity contribution in [2.75, 3.05) is 0 Å². The summed E-state index contributed by atoms with van der Waals surface area (Å²) in [4.78, 5) is 13.1. The highest BCUT2D eigenvalue weighted by atomic mass is 79.9. The van der Waals surface area contributed by atoms with E-state index in [0.717, 1.165) is 25.8 Å². The molecule has 0 spiro atoms. The van der Waals surface area contributed by atoms with Gasteiger partial charge in [-0.1, -0.05) is 74.3 Å². The second-order valence-electron chi connectivity index (χ2n) is 6.34. The van der Waals surface area contributed by atoms with Crippen LogP contribution in [0.15, 0.2) is 92.9 Å². The van der Waals surface area contributed by atoms with Gasteiger partial charge in [-0.2, -0.15) is 5.10 Å². The van der Waals surface area contributed by atoms with Crippen LogP contribution >= 0.6 is 31.9 Å². The molecule has 0 saturated heterocycles. The summed E-state index contributed by atoms with van der Waals surface area (Å²) in [5.41, 5.74) is 3.65. The zero-order valence-electron chi connectivity index (χ0n) is 14.3. The Bertz CT molecular complexity index is 983. The number of benzene rings is 3. The van der Waals surface area contributed by atoms with Crippen molar-refractivity contribution in [1.29, 1.82) is 0 Å². The van der Waals surface area contributed by atoms with E-state index >= 15 is 0 Å². The van der Waals surface area contributed by atoms with Gasteiger partial charge in [0.1, 0.15) is 0 Å². The lowest BCUT2D eigenvalue weighted by Gasteiger charge is -2.22. The molecule has 134 valence electrons. The van der Waals surface area contributed by atoms with Gasteiger partial charge < -0.3 is 0 Å². The van der Waals surface area contributed by atoms with Gasteiger partial charge in [-0.25, -0.2) is 5.01 Å². The fourth-order valence-electron chi connectivity index (χ4n) is 3.17. The van der Waals surface area contributed by atoms with E-state index in [-0.39, 0.29) is 11.9 Å². The van der Waals surface area contributed by atoms with Crippen LogP contribution in [-0.4, -0.2) is 16.6 Å². The molecule has 1 aliphatic heterocycles. The Hall–Kier alpha value is -2.24. The average molecular weight is 484 g/mol. The van der Waals surface area contributed by atoms with Gasteiger partial charge in [-0.15, -0.1) is 0 Å². The number of nitrogens with zero attached hydrogens (tertiary/aromatic N) is 2. The van der Waals surface area contributed by atoms with Crippen molar-refractivity contribution in [2.45, 2.75) is 12.5 Å². The summed E-state index contributed by atoms with van der Waals surface area (Å²) in [6, 6.07) is 25.3. The molecule has 0 bridgehead atoms. The molecule has 3 nitrogen and oxygen atoms in total. The van der Waals surface area contributed by atoms with Crippen LogP contribution in [0.2, 0.25) is 0 Å². The molecule has 0 aromatic heterocycles. The van der Waals surface area contributed by atoms with Crippen molar-refractivity contribution < 1.29 is 4.79 Å². The second-order valence-corrected chi connectivity index (χ2v) is 8.17. The van der Waals surface area contributed by atoms with E-state index in [4.69, 9.17) is 5.10 Å². The van der Waals surface area contributed by atoms with Crippen molar-refractivity contribution in [3.05, 3.63) is 104 Å². The number of halogens is 2. The largest absolute Gasteiger partial charge is 0.274 e. The summed E-state index contributed by atoms with van der Waals surface area (Å²) in [7, 11) is 0. The predicted octanol–water partition coefficient (Wildman–Crippen LogP) is 6.20. The molecule has 0 N–H and O–H groups in total. The molecule has 1 atom stereocenters. The normalized spacial score (nSPS) is 16.3. The number of rotatable bonds is 3. The molecule has 0 fully saturated rings. The van der Waals surface area contributed by atoms with E-state index in [0.29, 0.717) is 12.0 Å². The minimum atomic E-state index is -0.121. The fraction of sp³-hybridized carbons (Fsp3) is 0.0909. The first kappa shape index (κ1) is 18.1. The van der Waals surface area contributed by atoms with Crippen molar-refractivity contribution in [2.24, 2.45) is 5.10 Å². The lowest BCUT2D eigenvalue weighted by molar-refractivity contribution is 0.0711. The van der Waals surface area contributed by atoms with Crippen LogP contribution < -0.4 is 0 Å². The van der Waals surface area contributed by atoms with E-state index in [1.807, 2.05) is 78.9 Å². The summed E-state index contributed by atoms with van der Waals surface area (Å²) in [6.45, 7) is 0. The monoisotopic (exact) mass is 482 g/mol. The number of carbonyl (C=O) groups is 1. The Morgan fingerprint density at radius 3 is 2.07 bits per heavy atom. The summed E-state index contributed by atoms with van der Waals surface area (Å²) in [5.74, 6) is -0.0874. The summed E-state index contributed by atoms with van der Waals surface area (Å²) in [5, 5.41) is 6.34. The van der Waals surface area contributed by atoms with Gasteiger partial charge in [0, 0.05) is 20.9 Å². The Kier molecular flexibility index (Phi) is 5.23. The van der Waals surface area contributed by atoms with Gasteiger partial charge in [0.25, 0.3) is 5.91 Å². The van der Waals surface area contributed by atoms with Crippen LogP contribution in [0.4, 0.5) is 0 Å². The smallest absolute Gasteiger partial charge is 0.267 e. The van der Waals surface area contributed by atoms with Gasteiger partial charge >= 0.3 is 0 Å². The van der Waals surface area contributed by atoms with Crippen LogP contribution in [0, 0.1) is 0 Å². The van der Waals surface area contributed by atoms with Crippen LogP contribution in [0.1, 0.15) is 33.9 Å². The fourth-order valence-corrected chi connectivity index (χ4v) is 3.70. The third-order valence-electron chi connectivity index (χ3n) is 4.57. The topological polar surface area (TPSA) is 32.7 Å². The Balaban J connectivity index is 1.72. The lowest BCUT2D eigenvalue weighted by Crippen LogP contribution is -2.27. The highest BCUT2D eigenvalue weighted by molar-refractivity contribution is 9.10. The Morgan fingerprint density at radius 1 is 0.852 bits per heavy atom. The standard InChI is InChI=1S/C22H16Br2N2O/c23-18-10-6-15(7-11-18)20-14-21(16-8-12-19(24)13-9-16)26(25-20)22(27)17-4-2-1-3-5-17/h1-13,21H,14H2/t21-/m0/s1. The van der Waals surface area contributed by atoms with E-state index in [2.05, 4.69) is 31.9 Å². The molecule has 0 unspecified atom stereocenters. The number of carbonyl (C=O) groups excluding carboxylic acids is 1. The molecule has 27 heavy (non-hydrogen) atoms. The molecule has 1 aliphatic rings. The number of hydrazone groups is 1. The number of amides is 1. The van der Waals surface area contributed by atoms with Gasteiger partial charge in [-0.3, -0.25) is 4.79 Å². The first-order valence-corrected chi connectivity index (χ1v) is 10.2. The SMILES string of the molecule is O=C(c1ccccc1)N1N=C(c2ccc(Br)cc2)C[C@H]1c1ccc(Br)cc1. The Labute approximate surface area is 175 Å². The predicted molar refractivity (Wildman–Crippen MR) is 115 cm³/mol. The van der Waals surface area contributed by atoms with Gasteiger partial charge in [0.15, 0.2) is 0 Å². The maximum Gasteiger partial charge on any atom is 0.274 e. The minimum absolute atomic E-state index is 0.0874. The van der Waals surface area contributed by atoms with E-state index < -0.39 is 0 Å². The molecule has 0 radical (unpaired) electrons. The van der Waals surface area contributed by atoms with Crippen molar-refractivity contribution in [1.82, 2.24) is 5.01 Å². The third-order valence-corrected chi connectivity index (χ3v) is 5.63. The first-order chi connectivity index (χ1) is 13.1. The van der Waals surface area contributed by atoms with Crippen LogP contribution in [0.5, 0.6) is 0 Å². The molecular weight excluding hydrogens is 468 g/mol. The molecule has 0 aliphatic carbocycles. The van der Waals surface area contributed by atoms with Crippen molar-refractivity contribution >= 4 is 43.5 Å². The molecule has 5 heteroatoms. The average Bonchev–Trinajstić information content (AvgIpc) is 3.14. The van der Waals surface area contributed by atoms with Crippen LogP contribution in [0.25, 0.3) is 0 Å². The van der Waals surface area contributed by atoms with E-state index in [1.54, 1.807) is 5.01 Å². The Morgan fingerprint density at radius 2 is 1.44 bits per heavy atom. The van der Waals surface area contributed by atoms with Gasteiger partial charge in [0.05, 0.1) is 11.8 Å². The molecule has 3 aromatic carbocycles. The summed E-state index contributed by atoms with van der Waals surface area (Å²) < 4.78 is 2.03. The zero-order chi connectivity index (χ0) is 18.8. The molecule has 0 saturated carbocycles. The molecule has 1 heterocycles. The quantitative estimate of drug-likeness (QED) is 0.436.